The van der Waals surface area contributed by atoms with Gasteiger partial charge in [-0.15, -0.1) is 0 Å². The second-order valence-electron chi connectivity index (χ2n) is 4.61. The SMILES string of the molecule is CC(C)C1N(C)CCN1C.COP(=O)(OC)OC. The van der Waals surface area contributed by atoms with Gasteiger partial charge in [-0.2, -0.15) is 0 Å². The molecule has 0 aromatic rings. The Morgan fingerprint density at radius 1 is 1.00 bits per heavy atom. The summed E-state index contributed by atoms with van der Waals surface area (Å²) >= 11 is 0. The molecule has 1 fully saturated rings. The molecule has 0 spiro atoms. The first-order valence-electron chi connectivity index (χ1n) is 5.99. The fourth-order valence-electron chi connectivity index (χ4n) is 2.16. The van der Waals surface area contributed by atoms with Crippen LogP contribution in [0.5, 0.6) is 0 Å². The van der Waals surface area contributed by atoms with Crippen molar-refractivity contribution in [2.45, 2.75) is 20.0 Å². The van der Waals surface area contributed by atoms with Crippen molar-refractivity contribution >= 4 is 7.82 Å². The van der Waals surface area contributed by atoms with E-state index in [2.05, 4.69) is 51.3 Å². The Labute approximate surface area is 111 Å². The number of hydrogen-bond acceptors (Lipinski definition) is 6. The minimum absolute atomic E-state index is 0.667. The molecule has 0 aromatic heterocycles. The van der Waals surface area contributed by atoms with Crippen LogP contribution in [-0.2, 0) is 18.1 Å². The molecular formula is C11H27N2O4P. The van der Waals surface area contributed by atoms with Crippen molar-refractivity contribution in [1.82, 2.24) is 9.80 Å². The zero-order valence-electron chi connectivity index (χ0n) is 12.5. The highest BCUT2D eigenvalue weighted by molar-refractivity contribution is 7.48. The Morgan fingerprint density at radius 3 is 1.44 bits per heavy atom. The number of phosphoric acid groups is 1. The highest BCUT2D eigenvalue weighted by atomic mass is 31.2. The normalized spacial score (nSPS) is 19.1. The number of hydrogen-bond donors (Lipinski definition) is 0. The molecule has 110 valence electrons. The van der Waals surface area contributed by atoms with Gasteiger partial charge in [0.25, 0.3) is 0 Å². The van der Waals surface area contributed by atoms with Gasteiger partial charge < -0.3 is 0 Å². The number of likely N-dealkylation sites (N-methyl/N-ethyl adjacent to an activating group) is 2. The van der Waals surface area contributed by atoms with Crippen molar-refractivity contribution in [3.8, 4) is 0 Å². The zero-order chi connectivity index (χ0) is 14.3. The van der Waals surface area contributed by atoms with Gasteiger partial charge in [0.1, 0.15) is 0 Å². The molecule has 7 heteroatoms. The van der Waals surface area contributed by atoms with Gasteiger partial charge in [0.2, 0.25) is 0 Å². The van der Waals surface area contributed by atoms with Crippen molar-refractivity contribution < 1.29 is 18.1 Å². The second-order valence-corrected chi connectivity index (χ2v) is 6.60. The topological polar surface area (TPSA) is 51.2 Å². The maximum atomic E-state index is 10.7. The van der Waals surface area contributed by atoms with Crippen LogP contribution in [0.4, 0.5) is 0 Å². The molecule has 1 aliphatic heterocycles. The summed E-state index contributed by atoms with van der Waals surface area (Å²) in [6.07, 6.45) is 0.667. The van der Waals surface area contributed by atoms with Crippen LogP contribution in [0.15, 0.2) is 0 Å². The summed E-state index contributed by atoms with van der Waals surface area (Å²) in [5.41, 5.74) is 0. The van der Waals surface area contributed by atoms with E-state index in [9.17, 15) is 4.57 Å². The lowest BCUT2D eigenvalue weighted by Gasteiger charge is -2.28. The zero-order valence-corrected chi connectivity index (χ0v) is 13.4. The Kier molecular flexibility index (Phi) is 8.26. The van der Waals surface area contributed by atoms with Crippen LogP contribution >= 0.6 is 7.82 Å². The Bertz CT molecular complexity index is 247. The number of phosphoric ester groups is 1. The third kappa shape index (κ3) is 5.34. The maximum absolute atomic E-state index is 10.7. The average Bonchev–Trinajstić information content (AvgIpc) is 2.69. The summed E-state index contributed by atoms with van der Waals surface area (Å²) in [5.74, 6) is 0.748. The van der Waals surface area contributed by atoms with Crippen molar-refractivity contribution in [2.24, 2.45) is 5.92 Å². The largest absolute Gasteiger partial charge is 0.473 e. The molecular weight excluding hydrogens is 255 g/mol. The van der Waals surface area contributed by atoms with E-state index in [-0.39, 0.29) is 0 Å². The van der Waals surface area contributed by atoms with Crippen molar-refractivity contribution in [2.75, 3.05) is 48.5 Å². The summed E-state index contributed by atoms with van der Waals surface area (Å²) in [7, 11) is 5.02. The first-order valence-corrected chi connectivity index (χ1v) is 7.45. The van der Waals surface area contributed by atoms with Crippen molar-refractivity contribution in [1.29, 1.82) is 0 Å². The third-order valence-corrected chi connectivity index (χ3v) is 4.32. The second kappa shape index (κ2) is 8.25. The average molecular weight is 282 g/mol. The predicted octanol–water partition coefficient (Wildman–Crippen LogP) is 1.88. The molecule has 0 aromatic carbocycles. The van der Waals surface area contributed by atoms with E-state index in [0.29, 0.717) is 6.17 Å². The van der Waals surface area contributed by atoms with Gasteiger partial charge in [-0.05, 0) is 20.0 Å². The van der Waals surface area contributed by atoms with E-state index >= 15 is 0 Å². The summed E-state index contributed by atoms with van der Waals surface area (Å²) < 4.78 is 23.7. The lowest BCUT2D eigenvalue weighted by Crippen LogP contribution is -2.38. The molecule has 0 radical (unpaired) electrons. The van der Waals surface area contributed by atoms with E-state index in [1.807, 2.05) is 0 Å². The highest BCUT2D eigenvalue weighted by Crippen LogP contribution is 2.46. The fraction of sp³-hybridized carbons (Fsp3) is 1.00. The number of rotatable bonds is 4. The lowest BCUT2D eigenvalue weighted by atomic mass is 10.1. The van der Waals surface area contributed by atoms with E-state index in [0.717, 1.165) is 5.92 Å². The van der Waals surface area contributed by atoms with Crippen LogP contribution in [0.3, 0.4) is 0 Å². The molecule has 6 nitrogen and oxygen atoms in total. The molecule has 0 saturated carbocycles. The van der Waals surface area contributed by atoms with Gasteiger partial charge in [0.15, 0.2) is 0 Å². The highest BCUT2D eigenvalue weighted by Gasteiger charge is 2.28. The minimum Gasteiger partial charge on any atom is -0.290 e. The van der Waals surface area contributed by atoms with E-state index < -0.39 is 7.82 Å². The molecule has 0 bridgehead atoms. The predicted molar refractivity (Wildman–Crippen MR) is 72.5 cm³/mol. The quantitative estimate of drug-likeness (QED) is 0.734. The van der Waals surface area contributed by atoms with E-state index in [1.54, 1.807) is 0 Å². The van der Waals surface area contributed by atoms with Crippen LogP contribution in [-0.4, -0.2) is 64.5 Å². The van der Waals surface area contributed by atoms with Crippen LogP contribution in [0.1, 0.15) is 13.8 Å². The molecule has 1 saturated heterocycles. The van der Waals surface area contributed by atoms with Gasteiger partial charge in [-0.25, -0.2) is 4.57 Å². The first kappa shape index (κ1) is 18.0. The lowest BCUT2D eigenvalue weighted by molar-refractivity contribution is 0.135. The summed E-state index contributed by atoms with van der Waals surface area (Å²) in [5, 5.41) is 0. The molecule has 1 heterocycles. The van der Waals surface area contributed by atoms with Crippen LogP contribution in [0, 0.1) is 5.92 Å². The van der Waals surface area contributed by atoms with Crippen LogP contribution < -0.4 is 0 Å². The van der Waals surface area contributed by atoms with Crippen LogP contribution in [0.25, 0.3) is 0 Å². The molecule has 0 unspecified atom stereocenters. The molecule has 0 aliphatic carbocycles. The van der Waals surface area contributed by atoms with Gasteiger partial charge in [0.05, 0.1) is 6.17 Å². The van der Waals surface area contributed by atoms with Gasteiger partial charge in [-0.1, -0.05) is 13.8 Å². The maximum Gasteiger partial charge on any atom is 0.473 e. The third-order valence-electron chi connectivity index (χ3n) is 2.98. The smallest absolute Gasteiger partial charge is 0.290 e. The van der Waals surface area contributed by atoms with E-state index in [4.69, 9.17) is 0 Å². The number of nitrogens with zero attached hydrogens (tertiary/aromatic N) is 2. The van der Waals surface area contributed by atoms with Crippen molar-refractivity contribution in [3.63, 3.8) is 0 Å². The molecule has 1 rings (SSSR count). The van der Waals surface area contributed by atoms with Crippen molar-refractivity contribution in [3.05, 3.63) is 0 Å². The molecule has 1 aliphatic rings. The summed E-state index contributed by atoms with van der Waals surface area (Å²) in [4.78, 5) is 4.84. The minimum atomic E-state index is -3.16. The van der Waals surface area contributed by atoms with Gasteiger partial charge in [0, 0.05) is 34.4 Å². The fourth-order valence-corrected chi connectivity index (χ4v) is 2.61. The van der Waals surface area contributed by atoms with Gasteiger partial charge >= 0.3 is 7.82 Å². The standard InChI is InChI=1S/C8H18N2.C3H9O4P/c1-7(2)8-9(3)5-6-10(8)4;1-5-8(4,6-2)7-3/h7-8H,5-6H2,1-4H3;1-3H3. The van der Waals surface area contributed by atoms with E-state index in [1.165, 1.54) is 34.4 Å². The monoisotopic (exact) mass is 282 g/mol. The molecule has 18 heavy (non-hydrogen) atoms. The first-order chi connectivity index (χ1) is 8.31. The van der Waals surface area contributed by atoms with Crippen LogP contribution in [0.2, 0.25) is 0 Å². The Hall–Kier alpha value is 0.0300. The summed E-state index contributed by atoms with van der Waals surface area (Å²) in [6.45, 7) is 7.00. The Balaban J connectivity index is 0.000000331. The summed E-state index contributed by atoms with van der Waals surface area (Å²) in [6, 6.07) is 0. The Morgan fingerprint density at radius 2 is 1.33 bits per heavy atom. The molecule has 0 N–H and O–H groups in total. The molecule has 0 atom stereocenters. The molecule has 0 amide bonds. The van der Waals surface area contributed by atoms with Gasteiger partial charge in [-0.3, -0.25) is 23.4 Å².